The highest BCUT2D eigenvalue weighted by molar-refractivity contribution is 7.71. The molecule has 1 N–H and O–H groups in total. The van der Waals surface area contributed by atoms with Gasteiger partial charge in [0.2, 0.25) is 4.77 Å². The van der Waals surface area contributed by atoms with E-state index in [2.05, 4.69) is 10.1 Å². The van der Waals surface area contributed by atoms with Crippen LogP contribution in [0.25, 0.3) is 11.6 Å². The fourth-order valence-corrected chi connectivity index (χ4v) is 1.06. The summed E-state index contributed by atoms with van der Waals surface area (Å²) in [4.78, 5) is 4.08. The number of aryl methyl sites for hydroxylation is 1. The molecule has 2 aromatic heterocycles. The summed E-state index contributed by atoms with van der Waals surface area (Å²) >= 11 is 4.93. The Hall–Kier alpha value is -1.36. The van der Waals surface area contributed by atoms with Crippen molar-refractivity contribution in [2.45, 2.75) is 0 Å². The van der Waals surface area contributed by atoms with Gasteiger partial charge in [-0.1, -0.05) is 0 Å². The monoisotopic (exact) mass is 181 g/mol. The van der Waals surface area contributed by atoms with E-state index in [-0.39, 0.29) is 0 Å². The molecule has 62 valence electrons. The minimum Gasteiger partial charge on any atom is -0.461 e. The summed E-state index contributed by atoms with van der Waals surface area (Å²) in [5.74, 6) is 1.36. The Labute approximate surface area is 73.8 Å². The molecule has 0 unspecified atom stereocenters. The van der Waals surface area contributed by atoms with E-state index in [1.165, 1.54) is 0 Å². The molecule has 0 aliphatic heterocycles. The van der Waals surface area contributed by atoms with Gasteiger partial charge >= 0.3 is 0 Å². The largest absolute Gasteiger partial charge is 0.461 e. The first-order valence-electron chi connectivity index (χ1n) is 3.44. The maximum Gasteiger partial charge on any atom is 0.216 e. The average molecular weight is 181 g/mol. The van der Waals surface area contributed by atoms with Gasteiger partial charge in [-0.2, -0.15) is 4.98 Å². The molecule has 2 aromatic rings. The van der Waals surface area contributed by atoms with Crippen LogP contribution in [0.1, 0.15) is 0 Å². The molecule has 5 heteroatoms. The van der Waals surface area contributed by atoms with E-state index < -0.39 is 0 Å². The summed E-state index contributed by atoms with van der Waals surface area (Å²) in [6.45, 7) is 0. The second-order valence-electron chi connectivity index (χ2n) is 2.39. The van der Waals surface area contributed by atoms with Crippen molar-refractivity contribution < 1.29 is 4.42 Å². The van der Waals surface area contributed by atoms with Crippen LogP contribution in [0.5, 0.6) is 0 Å². The highest BCUT2D eigenvalue weighted by atomic mass is 32.1. The molecule has 0 aliphatic carbocycles. The molecule has 0 aromatic carbocycles. The van der Waals surface area contributed by atoms with Crippen LogP contribution in [-0.2, 0) is 7.05 Å². The fourth-order valence-electron chi connectivity index (χ4n) is 0.926. The first kappa shape index (κ1) is 7.30. The van der Waals surface area contributed by atoms with Crippen LogP contribution in [0.15, 0.2) is 22.8 Å². The Balaban J connectivity index is 2.56. The third-order valence-corrected chi connectivity index (χ3v) is 1.89. The molecule has 0 atom stereocenters. The quantitative estimate of drug-likeness (QED) is 0.681. The maximum atomic E-state index is 5.13. The van der Waals surface area contributed by atoms with E-state index in [0.717, 1.165) is 0 Å². The van der Waals surface area contributed by atoms with Gasteiger partial charge in [-0.15, -0.1) is 0 Å². The van der Waals surface area contributed by atoms with E-state index in [0.29, 0.717) is 16.4 Å². The van der Waals surface area contributed by atoms with E-state index in [1.54, 1.807) is 17.0 Å². The number of aromatic amines is 1. The SMILES string of the molecule is Cn1[nH]c(-c2ccco2)nc1=S. The van der Waals surface area contributed by atoms with Crippen molar-refractivity contribution in [1.82, 2.24) is 14.8 Å². The summed E-state index contributed by atoms with van der Waals surface area (Å²) < 4.78 is 7.31. The molecule has 2 heterocycles. The van der Waals surface area contributed by atoms with Crippen molar-refractivity contribution in [1.29, 1.82) is 0 Å². The number of rotatable bonds is 1. The number of aromatic nitrogens is 3. The van der Waals surface area contributed by atoms with Crippen LogP contribution in [0.2, 0.25) is 0 Å². The summed E-state index contributed by atoms with van der Waals surface area (Å²) in [5, 5.41) is 2.95. The van der Waals surface area contributed by atoms with Crippen LogP contribution in [0.4, 0.5) is 0 Å². The molecule has 0 amide bonds. The van der Waals surface area contributed by atoms with Gasteiger partial charge in [0.05, 0.1) is 6.26 Å². The second kappa shape index (κ2) is 2.60. The highest BCUT2D eigenvalue weighted by Crippen LogP contribution is 2.13. The van der Waals surface area contributed by atoms with Gasteiger partial charge in [0.1, 0.15) is 0 Å². The molecule has 0 spiro atoms. The van der Waals surface area contributed by atoms with Gasteiger partial charge in [0.25, 0.3) is 0 Å². The van der Waals surface area contributed by atoms with Crippen LogP contribution < -0.4 is 0 Å². The molecule has 2 rings (SSSR count). The predicted molar refractivity (Wildman–Crippen MR) is 46.1 cm³/mol. The van der Waals surface area contributed by atoms with Crippen molar-refractivity contribution in [3.05, 3.63) is 23.2 Å². The first-order valence-corrected chi connectivity index (χ1v) is 3.85. The number of nitrogens with zero attached hydrogens (tertiary/aromatic N) is 2. The molecular formula is C7H7N3OS. The first-order chi connectivity index (χ1) is 5.77. The predicted octanol–water partition coefficient (Wildman–Crippen LogP) is 1.74. The molecule has 4 nitrogen and oxygen atoms in total. The topological polar surface area (TPSA) is 46.8 Å². The molecule has 0 bridgehead atoms. The lowest BCUT2D eigenvalue weighted by Gasteiger charge is -1.87. The van der Waals surface area contributed by atoms with Gasteiger partial charge in [-0.05, 0) is 24.4 Å². The molecule has 0 aliphatic rings. The van der Waals surface area contributed by atoms with Crippen LogP contribution >= 0.6 is 12.2 Å². The standard InChI is InChI=1S/C7H7N3OS/c1-10-7(12)8-6(9-10)5-3-2-4-11-5/h2-4H,1H3,(H,8,9,12). The van der Waals surface area contributed by atoms with Crippen LogP contribution in [0, 0.1) is 4.77 Å². The number of furan rings is 1. The number of hydrogen-bond acceptors (Lipinski definition) is 3. The lowest BCUT2D eigenvalue weighted by molar-refractivity contribution is 0.576. The Kier molecular flexibility index (Phi) is 1.58. The lowest BCUT2D eigenvalue weighted by atomic mass is 10.4. The number of H-pyrrole nitrogens is 1. The van der Waals surface area contributed by atoms with Gasteiger partial charge < -0.3 is 4.42 Å². The van der Waals surface area contributed by atoms with E-state index in [9.17, 15) is 0 Å². The number of nitrogens with one attached hydrogen (secondary N) is 1. The second-order valence-corrected chi connectivity index (χ2v) is 2.76. The summed E-state index contributed by atoms with van der Waals surface area (Å²) in [5.41, 5.74) is 0. The van der Waals surface area contributed by atoms with Gasteiger partial charge in [0.15, 0.2) is 11.6 Å². The van der Waals surface area contributed by atoms with Crippen molar-refractivity contribution in [3.8, 4) is 11.6 Å². The normalized spacial score (nSPS) is 10.4. The third-order valence-electron chi connectivity index (χ3n) is 1.52. The van der Waals surface area contributed by atoms with Crippen molar-refractivity contribution in [2.24, 2.45) is 7.05 Å². The summed E-state index contributed by atoms with van der Waals surface area (Å²) in [6, 6.07) is 3.63. The van der Waals surface area contributed by atoms with Gasteiger partial charge in [0, 0.05) is 7.05 Å². The molecule has 12 heavy (non-hydrogen) atoms. The van der Waals surface area contributed by atoms with Gasteiger partial charge in [-0.3, -0.25) is 9.78 Å². The van der Waals surface area contributed by atoms with Gasteiger partial charge in [-0.25, -0.2) is 0 Å². The van der Waals surface area contributed by atoms with E-state index >= 15 is 0 Å². The molecular weight excluding hydrogens is 174 g/mol. The minimum atomic E-state index is 0.515. The lowest BCUT2D eigenvalue weighted by Crippen LogP contribution is -1.88. The molecule has 0 radical (unpaired) electrons. The summed E-state index contributed by atoms with van der Waals surface area (Å²) in [6.07, 6.45) is 1.60. The molecule has 0 saturated heterocycles. The van der Waals surface area contributed by atoms with Crippen molar-refractivity contribution >= 4 is 12.2 Å². The fraction of sp³-hybridized carbons (Fsp3) is 0.143. The highest BCUT2D eigenvalue weighted by Gasteiger charge is 2.04. The maximum absolute atomic E-state index is 5.13. The van der Waals surface area contributed by atoms with Crippen molar-refractivity contribution in [2.75, 3.05) is 0 Å². The van der Waals surface area contributed by atoms with Crippen LogP contribution in [0.3, 0.4) is 0 Å². The molecule has 0 fully saturated rings. The smallest absolute Gasteiger partial charge is 0.216 e. The Morgan fingerprint density at radius 2 is 2.50 bits per heavy atom. The Morgan fingerprint density at radius 3 is 3.00 bits per heavy atom. The van der Waals surface area contributed by atoms with Crippen LogP contribution in [-0.4, -0.2) is 14.8 Å². The third kappa shape index (κ3) is 1.08. The molecule has 0 saturated carbocycles. The zero-order chi connectivity index (χ0) is 8.55. The van der Waals surface area contributed by atoms with Crippen molar-refractivity contribution in [3.63, 3.8) is 0 Å². The summed E-state index contributed by atoms with van der Waals surface area (Å²) in [7, 11) is 1.81. The van der Waals surface area contributed by atoms with E-state index in [4.69, 9.17) is 16.6 Å². The number of hydrogen-bond donors (Lipinski definition) is 1. The Morgan fingerprint density at radius 1 is 1.67 bits per heavy atom. The Bertz CT molecular complexity index is 426. The zero-order valence-electron chi connectivity index (χ0n) is 6.44. The average Bonchev–Trinajstić information content (AvgIpc) is 2.61. The minimum absolute atomic E-state index is 0.515. The van der Waals surface area contributed by atoms with E-state index in [1.807, 2.05) is 13.1 Å². The zero-order valence-corrected chi connectivity index (χ0v) is 7.26.